The molecule has 100 valence electrons. The summed E-state index contributed by atoms with van der Waals surface area (Å²) in [4.78, 5) is 11.8. The average Bonchev–Trinajstić information content (AvgIpc) is 3.17. The minimum absolute atomic E-state index is 0.0567. The van der Waals surface area contributed by atoms with Gasteiger partial charge in [-0.25, -0.2) is 4.68 Å². The third-order valence-electron chi connectivity index (χ3n) is 2.89. The Morgan fingerprint density at radius 1 is 1.25 bits per heavy atom. The van der Waals surface area contributed by atoms with Gasteiger partial charge in [-0.15, -0.1) is 0 Å². The van der Waals surface area contributed by atoms with Crippen molar-refractivity contribution in [2.75, 3.05) is 0 Å². The molecule has 0 unspecified atom stereocenters. The molecule has 1 N–H and O–H groups in total. The normalized spacial score (nSPS) is 10.4. The number of nitrogens with one attached hydrogen (secondary N) is 1. The predicted octanol–water partition coefficient (Wildman–Crippen LogP) is 2.86. The van der Waals surface area contributed by atoms with Crippen LogP contribution in [-0.4, -0.2) is 15.7 Å². The van der Waals surface area contributed by atoms with Crippen molar-refractivity contribution >= 4 is 17.2 Å². The Morgan fingerprint density at radius 3 is 2.85 bits per heavy atom. The van der Waals surface area contributed by atoms with E-state index in [1.54, 1.807) is 10.9 Å². The van der Waals surface area contributed by atoms with E-state index in [0.29, 0.717) is 12.1 Å². The molecule has 2 aromatic heterocycles. The fraction of sp³-hybridized carbons (Fsp3) is 0.0667. The number of nitrogens with zero attached hydrogens (tertiary/aromatic N) is 2. The van der Waals surface area contributed by atoms with E-state index in [2.05, 4.69) is 10.4 Å². The molecule has 0 aliphatic carbocycles. The van der Waals surface area contributed by atoms with Crippen LogP contribution < -0.4 is 5.32 Å². The molecule has 0 atom stereocenters. The van der Waals surface area contributed by atoms with Gasteiger partial charge in [0.15, 0.2) is 0 Å². The molecule has 0 aliphatic rings. The lowest BCUT2D eigenvalue weighted by molar-refractivity contribution is 0.0951. The van der Waals surface area contributed by atoms with Crippen molar-refractivity contribution in [3.63, 3.8) is 0 Å². The summed E-state index contributed by atoms with van der Waals surface area (Å²) in [6.45, 7) is 0.474. The number of aromatic nitrogens is 2. The topological polar surface area (TPSA) is 46.9 Å². The largest absolute Gasteiger partial charge is 0.348 e. The summed E-state index contributed by atoms with van der Waals surface area (Å²) < 4.78 is 1.80. The Morgan fingerprint density at radius 2 is 2.10 bits per heavy atom. The zero-order valence-corrected chi connectivity index (χ0v) is 11.5. The third kappa shape index (κ3) is 2.78. The van der Waals surface area contributed by atoms with Gasteiger partial charge in [0.2, 0.25) is 0 Å². The van der Waals surface area contributed by atoms with E-state index < -0.39 is 0 Å². The van der Waals surface area contributed by atoms with Gasteiger partial charge < -0.3 is 5.32 Å². The smallest absolute Gasteiger partial charge is 0.252 e. The SMILES string of the molecule is O=C(NCc1cnn(-c2ccccc2)c1)c1ccsc1. The van der Waals surface area contributed by atoms with E-state index >= 15 is 0 Å². The summed E-state index contributed by atoms with van der Waals surface area (Å²) in [5.41, 5.74) is 2.67. The van der Waals surface area contributed by atoms with E-state index in [-0.39, 0.29) is 5.91 Å². The zero-order valence-electron chi connectivity index (χ0n) is 10.7. The van der Waals surface area contributed by atoms with Crippen molar-refractivity contribution in [3.05, 3.63) is 70.7 Å². The highest BCUT2D eigenvalue weighted by atomic mass is 32.1. The first-order valence-electron chi connectivity index (χ1n) is 6.22. The number of hydrogen-bond donors (Lipinski definition) is 1. The fourth-order valence-electron chi connectivity index (χ4n) is 1.85. The van der Waals surface area contributed by atoms with Gasteiger partial charge in [-0.1, -0.05) is 18.2 Å². The Hall–Kier alpha value is -2.40. The molecule has 1 amide bonds. The first-order valence-corrected chi connectivity index (χ1v) is 7.16. The molecule has 3 aromatic rings. The second-order valence-corrected chi connectivity index (χ2v) is 5.10. The molecule has 20 heavy (non-hydrogen) atoms. The Bertz CT molecular complexity index is 689. The molecule has 1 aromatic carbocycles. The van der Waals surface area contributed by atoms with Gasteiger partial charge >= 0.3 is 0 Å². The molecular formula is C15H13N3OS. The molecule has 0 bridgehead atoms. The molecule has 3 rings (SSSR count). The van der Waals surface area contributed by atoms with Crippen molar-refractivity contribution in [1.82, 2.24) is 15.1 Å². The molecule has 4 nitrogen and oxygen atoms in total. The lowest BCUT2D eigenvalue weighted by Gasteiger charge is -2.01. The van der Waals surface area contributed by atoms with Crippen molar-refractivity contribution in [1.29, 1.82) is 0 Å². The molecule has 0 saturated carbocycles. The highest BCUT2D eigenvalue weighted by molar-refractivity contribution is 7.08. The van der Waals surface area contributed by atoms with Gasteiger partial charge in [0.25, 0.3) is 5.91 Å². The number of amides is 1. The standard InChI is InChI=1S/C15H13N3OS/c19-15(13-6-7-20-11-13)16-8-12-9-17-18(10-12)14-4-2-1-3-5-14/h1-7,9-11H,8H2,(H,16,19). The Balaban J connectivity index is 1.65. The first-order chi connectivity index (χ1) is 9.83. The lowest BCUT2D eigenvalue weighted by Crippen LogP contribution is -2.21. The van der Waals surface area contributed by atoms with Gasteiger partial charge in [0, 0.05) is 29.2 Å². The number of carbonyl (C=O) groups excluding carboxylic acids is 1. The maximum absolute atomic E-state index is 11.8. The van der Waals surface area contributed by atoms with E-state index in [1.807, 2.05) is 53.4 Å². The quantitative estimate of drug-likeness (QED) is 0.800. The molecule has 0 spiro atoms. The monoisotopic (exact) mass is 283 g/mol. The van der Waals surface area contributed by atoms with Crippen LogP contribution in [-0.2, 0) is 6.54 Å². The molecule has 0 radical (unpaired) electrons. The number of rotatable bonds is 4. The minimum Gasteiger partial charge on any atom is -0.348 e. The van der Waals surface area contributed by atoms with E-state index in [9.17, 15) is 4.79 Å². The van der Waals surface area contributed by atoms with Gasteiger partial charge in [-0.3, -0.25) is 4.79 Å². The summed E-state index contributed by atoms with van der Waals surface area (Å²) in [7, 11) is 0. The van der Waals surface area contributed by atoms with Crippen molar-refractivity contribution in [2.45, 2.75) is 6.54 Å². The van der Waals surface area contributed by atoms with Crippen LogP contribution in [0.4, 0.5) is 0 Å². The Kier molecular flexibility index (Phi) is 3.60. The van der Waals surface area contributed by atoms with Gasteiger partial charge in [-0.2, -0.15) is 16.4 Å². The number of thiophene rings is 1. The number of hydrogen-bond acceptors (Lipinski definition) is 3. The van der Waals surface area contributed by atoms with Crippen LogP contribution >= 0.6 is 11.3 Å². The van der Waals surface area contributed by atoms with Crippen LogP contribution in [0.1, 0.15) is 15.9 Å². The summed E-state index contributed by atoms with van der Waals surface area (Å²) in [6.07, 6.45) is 3.68. The lowest BCUT2D eigenvalue weighted by atomic mass is 10.3. The first kappa shape index (κ1) is 12.6. The van der Waals surface area contributed by atoms with Crippen molar-refractivity contribution in [2.24, 2.45) is 0 Å². The van der Waals surface area contributed by atoms with Crippen LogP contribution in [0.25, 0.3) is 5.69 Å². The molecule has 2 heterocycles. The predicted molar refractivity (Wildman–Crippen MR) is 79.1 cm³/mol. The van der Waals surface area contributed by atoms with Crippen LogP contribution in [0.2, 0.25) is 0 Å². The fourth-order valence-corrected chi connectivity index (χ4v) is 2.49. The van der Waals surface area contributed by atoms with E-state index in [1.165, 1.54) is 11.3 Å². The highest BCUT2D eigenvalue weighted by Crippen LogP contribution is 2.09. The third-order valence-corrected chi connectivity index (χ3v) is 3.58. The maximum Gasteiger partial charge on any atom is 0.252 e. The van der Waals surface area contributed by atoms with Gasteiger partial charge in [-0.05, 0) is 23.6 Å². The molecular weight excluding hydrogens is 270 g/mol. The maximum atomic E-state index is 11.8. The van der Waals surface area contributed by atoms with Crippen LogP contribution in [0.3, 0.4) is 0 Å². The Labute approximate surface area is 120 Å². The molecule has 5 heteroatoms. The zero-order chi connectivity index (χ0) is 13.8. The van der Waals surface area contributed by atoms with E-state index in [4.69, 9.17) is 0 Å². The van der Waals surface area contributed by atoms with E-state index in [0.717, 1.165) is 11.3 Å². The second kappa shape index (κ2) is 5.71. The van der Waals surface area contributed by atoms with Crippen LogP contribution in [0, 0.1) is 0 Å². The molecule has 0 aliphatic heterocycles. The average molecular weight is 283 g/mol. The number of benzene rings is 1. The summed E-state index contributed by atoms with van der Waals surface area (Å²) >= 11 is 1.51. The van der Waals surface area contributed by atoms with Crippen molar-refractivity contribution in [3.8, 4) is 5.69 Å². The summed E-state index contributed by atoms with van der Waals surface area (Å²) in [5, 5.41) is 10.9. The second-order valence-electron chi connectivity index (χ2n) is 4.32. The number of para-hydroxylation sites is 1. The number of carbonyl (C=O) groups is 1. The molecule has 0 saturated heterocycles. The summed E-state index contributed by atoms with van der Waals surface area (Å²) in [5.74, 6) is -0.0567. The van der Waals surface area contributed by atoms with Gasteiger partial charge in [0.05, 0.1) is 11.9 Å². The molecule has 0 fully saturated rings. The summed E-state index contributed by atoms with van der Waals surface area (Å²) in [6, 6.07) is 11.7. The highest BCUT2D eigenvalue weighted by Gasteiger charge is 2.06. The van der Waals surface area contributed by atoms with Crippen molar-refractivity contribution < 1.29 is 4.79 Å². The van der Waals surface area contributed by atoms with Gasteiger partial charge in [0.1, 0.15) is 0 Å². The van der Waals surface area contributed by atoms with Crippen LogP contribution in [0.5, 0.6) is 0 Å². The van der Waals surface area contributed by atoms with Crippen LogP contribution in [0.15, 0.2) is 59.6 Å². The minimum atomic E-state index is -0.0567.